The normalized spacial score (nSPS) is 10.4. The van der Waals surface area contributed by atoms with E-state index in [1.807, 2.05) is 20.8 Å². The first-order chi connectivity index (χ1) is 8.56. The van der Waals surface area contributed by atoms with E-state index in [9.17, 15) is 9.59 Å². The molecule has 0 aliphatic rings. The lowest BCUT2D eigenvalue weighted by Gasteiger charge is -2.11. The molecule has 0 aromatic carbocycles. The van der Waals surface area contributed by atoms with Crippen molar-refractivity contribution in [2.45, 2.75) is 33.2 Å². The van der Waals surface area contributed by atoms with Crippen LogP contribution in [0.5, 0.6) is 0 Å². The highest BCUT2D eigenvalue weighted by Gasteiger charge is 2.08. The van der Waals surface area contributed by atoms with Gasteiger partial charge in [0.2, 0.25) is 5.91 Å². The van der Waals surface area contributed by atoms with Gasteiger partial charge >= 0.3 is 0 Å². The minimum Gasteiger partial charge on any atom is -0.356 e. The van der Waals surface area contributed by atoms with E-state index in [4.69, 9.17) is 0 Å². The molecule has 1 aromatic rings. The Labute approximate surface area is 106 Å². The number of hydrogen-bond donors (Lipinski definition) is 2. The number of aromatic nitrogens is 2. The molecule has 0 aliphatic carbocycles. The van der Waals surface area contributed by atoms with Crippen LogP contribution in [-0.2, 0) is 4.79 Å². The van der Waals surface area contributed by atoms with E-state index in [-0.39, 0.29) is 29.9 Å². The Bertz CT molecular complexity index is 454. The molecule has 0 bridgehead atoms. The molecule has 0 fully saturated rings. The fourth-order valence-corrected chi connectivity index (χ4v) is 1.44. The summed E-state index contributed by atoms with van der Waals surface area (Å²) < 4.78 is 1.57. The zero-order valence-corrected chi connectivity index (χ0v) is 11.1. The molecule has 100 valence electrons. The molecule has 0 spiro atoms. The number of carbonyl (C=O) groups is 1. The number of nitrogens with one attached hydrogen (secondary N) is 2. The van der Waals surface area contributed by atoms with E-state index in [0.29, 0.717) is 6.54 Å². The van der Waals surface area contributed by atoms with E-state index < -0.39 is 0 Å². The number of amides is 1. The standard InChI is InChI=1S/C12H20N4O2/c1-4-5-13-10(17)8-15-11-12(18)16(9(2)3)7-6-14-11/h6-7,9H,4-5,8H2,1-3H3,(H,13,17)(H,14,15). The summed E-state index contributed by atoms with van der Waals surface area (Å²) >= 11 is 0. The molecule has 18 heavy (non-hydrogen) atoms. The molecule has 0 unspecified atom stereocenters. The quantitative estimate of drug-likeness (QED) is 0.784. The predicted octanol–water partition coefficient (Wildman–Crippen LogP) is 0.762. The van der Waals surface area contributed by atoms with Crippen LogP contribution in [0.4, 0.5) is 5.82 Å². The summed E-state index contributed by atoms with van der Waals surface area (Å²) in [6.07, 6.45) is 4.07. The Morgan fingerprint density at radius 2 is 2.22 bits per heavy atom. The highest BCUT2D eigenvalue weighted by Crippen LogP contribution is 2.00. The van der Waals surface area contributed by atoms with Gasteiger partial charge in [0.1, 0.15) is 0 Å². The summed E-state index contributed by atoms with van der Waals surface area (Å²) in [7, 11) is 0. The zero-order valence-electron chi connectivity index (χ0n) is 11.1. The van der Waals surface area contributed by atoms with Crippen molar-refractivity contribution in [2.24, 2.45) is 0 Å². The van der Waals surface area contributed by atoms with Gasteiger partial charge in [-0.05, 0) is 20.3 Å². The summed E-state index contributed by atoms with van der Waals surface area (Å²) in [6, 6.07) is 0.0648. The monoisotopic (exact) mass is 252 g/mol. The van der Waals surface area contributed by atoms with E-state index in [2.05, 4.69) is 15.6 Å². The van der Waals surface area contributed by atoms with Crippen LogP contribution in [0.2, 0.25) is 0 Å². The van der Waals surface area contributed by atoms with Crippen LogP contribution in [0.1, 0.15) is 33.2 Å². The Balaban J connectivity index is 2.66. The predicted molar refractivity (Wildman–Crippen MR) is 70.7 cm³/mol. The lowest BCUT2D eigenvalue weighted by atomic mass is 10.4. The van der Waals surface area contributed by atoms with Crippen LogP contribution in [0.3, 0.4) is 0 Å². The molecule has 0 aliphatic heterocycles. The third-order valence-corrected chi connectivity index (χ3v) is 2.41. The van der Waals surface area contributed by atoms with Gasteiger partial charge in [-0.2, -0.15) is 0 Å². The summed E-state index contributed by atoms with van der Waals surface area (Å²) in [6.45, 7) is 6.51. The Morgan fingerprint density at radius 3 is 2.83 bits per heavy atom. The van der Waals surface area contributed by atoms with Crippen molar-refractivity contribution in [1.29, 1.82) is 0 Å². The van der Waals surface area contributed by atoms with E-state index in [1.54, 1.807) is 17.0 Å². The molecule has 1 aromatic heterocycles. The van der Waals surface area contributed by atoms with Gasteiger partial charge in [-0.25, -0.2) is 4.98 Å². The molecular weight excluding hydrogens is 232 g/mol. The maximum absolute atomic E-state index is 11.9. The van der Waals surface area contributed by atoms with Crippen molar-refractivity contribution in [3.63, 3.8) is 0 Å². The van der Waals surface area contributed by atoms with Gasteiger partial charge in [0.25, 0.3) is 5.56 Å². The molecule has 6 nitrogen and oxygen atoms in total. The van der Waals surface area contributed by atoms with Crippen molar-refractivity contribution in [1.82, 2.24) is 14.9 Å². The Hall–Kier alpha value is -1.85. The highest BCUT2D eigenvalue weighted by atomic mass is 16.2. The van der Waals surface area contributed by atoms with Crippen molar-refractivity contribution in [3.05, 3.63) is 22.7 Å². The molecular formula is C12H20N4O2. The average Bonchev–Trinajstić information content (AvgIpc) is 2.34. The molecule has 1 amide bonds. The van der Waals surface area contributed by atoms with Crippen LogP contribution in [0.15, 0.2) is 17.2 Å². The van der Waals surface area contributed by atoms with Gasteiger partial charge in [0.05, 0.1) is 6.54 Å². The molecule has 0 atom stereocenters. The second-order valence-corrected chi connectivity index (χ2v) is 4.29. The number of rotatable bonds is 6. The first kappa shape index (κ1) is 14.2. The molecule has 0 saturated heterocycles. The van der Waals surface area contributed by atoms with Gasteiger partial charge in [-0.15, -0.1) is 0 Å². The zero-order chi connectivity index (χ0) is 13.5. The van der Waals surface area contributed by atoms with Crippen molar-refractivity contribution >= 4 is 11.7 Å². The topological polar surface area (TPSA) is 76.0 Å². The second-order valence-electron chi connectivity index (χ2n) is 4.29. The third-order valence-electron chi connectivity index (χ3n) is 2.41. The van der Waals surface area contributed by atoms with Gasteiger partial charge in [-0.1, -0.05) is 6.92 Å². The summed E-state index contributed by atoms with van der Waals surface area (Å²) in [5, 5.41) is 5.48. The number of anilines is 1. The number of carbonyl (C=O) groups excluding carboxylic acids is 1. The third kappa shape index (κ3) is 3.87. The van der Waals surface area contributed by atoms with Crippen LogP contribution >= 0.6 is 0 Å². The van der Waals surface area contributed by atoms with Crippen molar-refractivity contribution in [3.8, 4) is 0 Å². The maximum Gasteiger partial charge on any atom is 0.293 e. The van der Waals surface area contributed by atoms with Crippen LogP contribution < -0.4 is 16.2 Å². The minimum absolute atomic E-state index is 0.0599. The molecule has 0 saturated carbocycles. The first-order valence-corrected chi connectivity index (χ1v) is 6.14. The number of hydrogen-bond acceptors (Lipinski definition) is 4. The van der Waals surface area contributed by atoms with Crippen molar-refractivity contribution < 1.29 is 4.79 Å². The summed E-state index contributed by atoms with van der Waals surface area (Å²) in [5.74, 6) is 0.0656. The van der Waals surface area contributed by atoms with Gasteiger partial charge in [0, 0.05) is 25.0 Å². The number of nitrogens with zero attached hydrogens (tertiary/aromatic N) is 2. The molecule has 0 radical (unpaired) electrons. The lowest BCUT2D eigenvalue weighted by Crippen LogP contribution is -2.33. The molecule has 2 N–H and O–H groups in total. The lowest BCUT2D eigenvalue weighted by molar-refractivity contribution is -0.119. The minimum atomic E-state index is -0.212. The maximum atomic E-state index is 11.9. The highest BCUT2D eigenvalue weighted by molar-refractivity contribution is 5.80. The fraction of sp³-hybridized carbons (Fsp3) is 0.583. The van der Waals surface area contributed by atoms with Crippen molar-refractivity contribution in [2.75, 3.05) is 18.4 Å². The summed E-state index contributed by atoms with van der Waals surface area (Å²) in [5.41, 5.74) is -0.212. The Kier molecular flexibility index (Phi) is 5.35. The largest absolute Gasteiger partial charge is 0.356 e. The summed E-state index contributed by atoms with van der Waals surface area (Å²) in [4.78, 5) is 27.3. The van der Waals surface area contributed by atoms with Gasteiger partial charge in [-0.3, -0.25) is 9.59 Å². The van der Waals surface area contributed by atoms with Crippen LogP contribution in [0, 0.1) is 0 Å². The average molecular weight is 252 g/mol. The Morgan fingerprint density at radius 1 is 1.50 bits per heavy atom. The molecule has 1 rings (SSSR count). The van der Waals surface area contributed by atoms with Gasteiger partial charge in [0.15, 0.2) is 5.82 Å². The molecule has 6 heteroatoms. The SMILES string of the molecule is CCCNC(=O)CNc1nccn(C(C)C)c1=O. The van der Waals surface area contributed by atoms with E-state index in [1.165, 1.54) is 0 Å². The molecule has 1 heterocycles. The van der Waals surface area contributed by atoms with E-state index in [0.717, 1.165) is 6.42 Å². The van der Waals surface area contributed by atoms with E-state index >= 15 is 0 Å². The first-order valence-electron chi connectivity index (χ1n) is 6.14. The van der Waals surface area contributed by atoms with Crippen LogP contribution in [-0.4, -0.2) is 28.5 Å². The van der Waals surface area contributed by atoms with Crippen LogP contribution in [0.25, 0.3) is 0 Å². The fourth-order valence-electron chi connectivity index (χ4n) is 1.44. The van der Waals surface area contributed by atoms with Gasteiger partial charge < -0.3 is 15.2 Å². The smallest absolute Gasteiger partial charge is 0.293 e. The second kappa shape index (κ2) is 6.78.